The number of hydrogen-bond acceptors (Lipinski definition) is 2. The smallest absolute Gasteiger partial charge is 0.123 e. The molecule has 1 aromatic carbocycles. The molecule has 0 aliphatic carbocycles. The van der Waals surface area contributed by atoms with Crippen molar-refractivity contribution in [2.45, 2.75) is 13.3 Å². The van der Waals surface area contributed by atoms with E-state index < -0.39 is 0 Å². The van der Waals surface area contributed by atoms with Gasteiger partial charge in [-0.05, 0) is 31.7 Å². The number of rotatable bonds is 4. The number of nitrogens with zero attached hydrogens (tertiary/aromatic N) is 2. The third-order valence-electron chi connectivity index (χ3n) is 3.07. The fourth-order valence-electron chi connectivity index (χ4n) is 2.26. The Hall–Kier alpha value is -1.68. The lowest BCUT2D eigenvalue weighted by molar-refractivity contribution is 0.628. The Kier molecular flexibility index (Phi) is 3.77. The molecule has 1 aromatic heterocycles. The number of likely N-dealkylation sites (N-methyl/N-ethyl adjacent to an activating group) is 1. The number of aromatic nitrogens is 2. The van der Waals surface area contributed by atoms with Gasteiger partial charge in [0.15, 0.2) is 0 Å². The molecule has 0 aliphatic heterocycles. The highest BCUT2D eigenvalue weighted by Gasteiger charge is 2.14. The van der Waals surface area contributed by atoms with E-state index in [2.05, 4.69) is 10.4 Å². The molecule has 0 radical (unpaired) electrons. The van der Waals surface area contributed by atoms with E-state index in [0.717, 1.165) is 35.5 Å². The van der Waals surface area contributed by atoms with Crippen LogP contribution in [-0.2, 0) is 13.5 Å². The van der Waals surface area contributed by atoms with Gasteiger partial charge in [-0.15, -0.1) is 0 Å². The first-order chi connectivity index (χ1) is 8.63. The van der Waals surface area contributed by atoms with E-state index in [1.54, 1.807) is 12.1 Å². The first kappa shape index (κ1) is 12.8. The monoisotopic (exact) mass is 247 g/mol. The first-order valence-electron chi connectivity index (χ1n) is 6.06. The number of halogens is 1. The predicted octanol–water partition coefficient (Wildman–Crippen LogP) is 2.30. The van der Waals surface area contributed by atoms with Crippen molar-refractivity contribution in [3.63, 3.8) is 0 Å². The summed E-state index contributed by atoms with van der Waals surface area (Å²) in [7, 11) is 3.85. The van der Waals surface area contributed by atoms with Crippen LogP contribution in [0.1, 0.15) is 11.4 Å². The zero-order valence-electron chi connectivity index (χ0n) is 11.0. The summed E-state index contributed by atoms with van der Waals surface area (Å²) in [6.07, 6.45) is 0.875. The van der Waals surface area contributed by atoms with Crippen LogP contribution >= 0.6 is 0 Å². The van der Waals surface area contributed by atoms with E-state index in [-0.39, 0.29) is 5.82 Å². The molecule has 0 aliphatic rings. The van der Waals surface area contributed by atoms with E-state index in [1.165, 1.54) is 6.07 Å². The topological polar surface area (TPSA) is 29.9 Å². The summed E-state index contributed by atoms with van der Waals surface area (Å²) >= 11 is 0. The second-order valence-electron chi connectivity index (χ2n) is 4.39. The molecule has 0 fully saturated rings. The molecule has 0 unspecified atom stereocenters. The minimum Gasteiger partial charge on any atom is -0.319 e. The van der Waals surface area contributed by atoms with Crippen LogP contribution in [-0.4, -0.2) is 23.4 Å². The van der Waals surface area contributed by atoms with Crippen molar-refractivity contribution in [1.82, 2.24) is 15.1 Å². The van der Waals surface area contributed by atoms with E-state index >= 15 is 0 Å². The lowest BCUT2D eigenvalue weighted by Gasteiger charge is -2.07. The van der Waals surface area contributed by atoms with Crippen molar-refractivity contribution in [2.75, 3.05) is 13.6 Å². The van der Waals surface area contributed by atoms with E-state index in [9.17, 15) is 4.39 Å². The molecule has 0 amide bonds. The van der Waals surface area contributed by atoms with Gasteiger partial charge in [0.05, 0.1) is 5.69 Å². The third-order valence-corrected chi connectivity index (χ3v) is 3.07. The quantitative estimate of drug-likeness (QED) is 0.898. The van der Waals surface area contributed by atoms with Gasteiger partial charge < -0.3 is 5.32 Å². The maximum absolute atomic E-state index is 13.3. The van der Waals surface area contributed by atoms with Gasteiger partial charge in [-0.3, -0.25) is 4.68 Å². The van der Waals surface area contributed by atoms with E-state index in [4.69, 9.17) is 0 Å². The third kappa shape index (κ3) is 2.43. The van der Waals surface area contributed by atoms with Crippen LogP contribution in [0.15, 0.2) is 24.3 Å². The molecule has 1 N–H and O–H groups in total. The van der Waals surface area contributed by atoms with Gasteiger partial charge in [0.2, 0.25) is 0 Å². The molecule has 0 bridgehead atoms. The summed E-state index contributed by atoms with van der Waals surface area (Å²) < 4.78 is 15.2. The highest BCUT2D eigenvalue weighted by atomic mass is 19.1. The SMILES string of the molecule is CNCCc1c(-c2cccc(F)c2)c(C)nn1C. The molecule has 3 nitrogen and oxygen atoms in total. The van der Waals surface area contributed by atoms with Gasteiger partial charge >= 0.3 is 0 Å². The largest absolute Gasteiger partial charge is 0.319 e. The van der Waals surface area contributed by atoms with Crippen molar-refractivity contribution in [3.8, 4) is 11.1 Å². The zero-order chi connectivity index (χ0) is 13.1. The Morgan fingerprint density at radius 2 is 2.17 bits per heavy atom. The minimum atomic E-state index is -0.213. The maximum atomic E-state index is 13.3. The highest BCUT2D eigenvalue weighted by molar-refractivity contribution is 5.68. The minimum absolute atomic E-state index is 0.213. The predicted molar refractivity (Wildman–Crippen MR) is 71.0 cm³/mol. The van der Waals surface area contributed by atoms with E-state index in [1.807, 2.05) is 31.8 Å². The molecule has 0 saturated heterocycles. The molecule has 0 spiro atoms. The van der Waals surface area contributed by atoms with Gasteiger partial charge in [0.1, 0.15) is 5.82 Å². The lowest BCUT2D eigenvalue weighted by Crippen LogP contribution is -2.13. The van der Waals surface area contributed by atoms with Crippen molar-refractivity contribution in [3.05, 3.63) is 41.5 Å². The van der Waals surface area contributed by atoms with Crippen LogP contribution in [0.25, 0.3) is 11.1 Å². The fraction of sp³-hybridized carbons (Fsp3) is 0.357. The molecular formula is C14H18FN3. The van der Waals surface area contributed by atoms with Gasteiger partial charge in [-0.25, -0.2) is 4.39 Å². The molecular weight excluding hydrogens is 229 g/mol. The lowest BCUT2D eigenvalue weighted by atomic mass is 10.0. The van der Waals surface area contributed by atoms with Crippen LogP contribution in [0.4, 0.5) is 4.39 Å². The van der Waals surface area contributed by atoms with E-state index in [0.29, 0.717) is 0 Å². The number of nitrogens with one attached hydrogen (secondary N) is 1. The van der Waals surface area contributed by atoms with Crippen LogP contribution in [0.2, 0.25) is 0 Å². The van der Waals surface area contributed by atoms with Crippen molar-refractivity contribution in [1.29, 1.82) is 0 Å². The molecule has 2 rings (SSSR count). The molecule has 2 aromatic rings. The molecule has 0 atom stereocenters. The highest BCUT2D eigenvalue weighted by Crippen LogP contribution is 2.27. The van der Waals surface area contributed by atoms with Crippen LogP contribution in [0.3, 0.4) is 0 Å². The molecule has 96 valence electrons. The van der Waals surface area contributed by atoms with Crippen molar-refractivity contribution >= 4 is 0 Å². The molecule has 1 heterocycles. The van der Waals surface area contributed by atoms with Gasteiger partial charge in [-0.1, -0.05) is 12.1 Å². The zero-order valence-corrected chi connectivity index (χ0v) is 11.0. The maximum Gasteiger partial charge on any atom is 0.123 e. The molecule has 4 heteroatoms. The second-order valence-corrected chi connectivity index (χ2v) is 4.39. The van der Waals surface area contributed by atoms with Gasteiger partial charge in [0, 0.05) is 31.3 Å². The Balaban J connectivity index is 2.49. The van der Waals surface area contributed by atoms with Crippen molar-refractivity contribution < 1.29 is 4.39 Å². The summed E-state index contributed by atoms with van der Waals surface area (Å²) in [5.74, 6) is -0.213. The van der Waals surface area contributed by atoms with Crippen molar-refractivity contribution in [2.24, 2.45) is 7.05 Å². The average Bonchev–Trinajstić information content (AvgIpc) is 2.61. The Bertz CT molecular complexity index is 546. The summed E-state index contributed by atoms with van der Waals surface area (Å²) in [5.41, 5.74) is 4.01. The standard InChI is InChI=1S/C14H18FN3/c1-10-14(11-5-4-6-12(15)9-11)13(7-8-16-2)18(3)17-10/h4-6,9,16H,7-8H2,1-3H3. The van der Waals surface area contributed by atoms with Gasteiger partial charge in [-0.2, -0.15) is 5.10 Å². The Labute approximate surface area is 107 Å². The Morgan fingerprint density at radius 3 is 2.83 bits per heavy atom. The average molecular weight is 247 g/mol. The molecule has 18 heavy (non-hydrogen) atoms. The van der Waals surface area contributed by atoms with Crippen LogP contribution < -0.4 is 5.32 Å². The molecule has 0 saturated carbocycles. The second kappa shape index (κ2) is 5.31. The van der Waals surface area contributed by atoms with Gasteiger partial charge in [0.25, 0.3) is 0 Å². The summed E-state index contributed by atoms with van der Waals surface area (Å²) in [4.78, 5) is 0. The number of hydrogen-bond donors (Lipinski definition) is 1. The summed E-state index contributed by atoms with van der Waals surface area (Å²) in [6, 6.07) is 6.68. The van der Waals surface area contributed by atoms with Crippen LogP contribution in [0, 0.1) is 12.7 Å². The summed E-state index contributed by atoms with van der Waals surface area (Å²) in [5, 5.41) is 7.56. The number of aryl methyl sites for hydroxylation is 2. The number of benzene rings is 1. The first-order valence-corrected chi connectivity index (χ1v) is 6.06. The summed E-state index contributed by atoms with van der Waals surface area (Å²) in [6.45, 7) is 2.84. The fourth-order valence-corrected chi connectivity index (χ4v) is 2.26. The Morgan fingerprint density at radius 1 is 1.39 bits per heavy atom. The normalized spacial score (nSPS) is 10.9. The van der Waals surface area contributed by atoms with Crippen LogP contribution in [0.5, 0.6) is 0 Å².